The maximum atomic E-state index is 3.69. The van der Waals surface area contributed by atoms with Gasteiger partial charge in [-0.05, 0) is 45.9 Å². The van der Waals surface area contributed by atoms with Gasteiger partial charge in [0.15, 0.2) is 0 Å². The minimum absolute atomic E-state index is 0.513. The van der Waals surface area contributed by atoms with Crippen LogP contribution in [-0.2, 0) is 0 Å². The van der Waals surface area contributed by atoms with E-state index in [1.54, 1.807) is 0 Å². The molecule has 164 valence electrons. The van der Waals surface area contributed by atoms with Crippen LogP contribution in [0.1, 0.15) is 101 Å². The molecule has 2 N–H and O–H groups in total. The van der Waals surface area contributed by atoms with Crippen LogP contribution in [-0.4, -0.2) is 13.1 Å². The molecule has 2 rings (SSSR count). The molecule has 0 aliphatic carbocycles. The Kier molecular flexibility index (Phi) is 9.02. The maximum Gasteiger partial charge on any atom is 0.0413 e. The minimum atomic E-state index is 0.513. The molecular formula is C28H42N2. The lowest BCUT2D eigenvalue weighted by Crippen LogP contribution is -2.09. The van der Waals surface area contributed by atoms with Gasteiger partial charge in [0.1, 0.15) is 0 Å². The summed E-state index contributed by atoms with van der Waals surface area (Å²) >= 11 is 0. The number of para-hydroxylation sites is 2. The van der Waals surface area contributed by atoms with Gasteiger partial charge in [-0.3, -0.25) is 0 Å². The number of nitrogens with one attached hydrogen (secondary N) is 2. The minimum Gasteiger partial charge on any atom is -0.381 e. The van der Waals surface area contributed by atoms with Gasteiger partial charge in [0, 0.05) is 24.5 Å². The first-order valence-electron chi connectivity index (χ1n) is 11.6. The van der Waals surface area contributed by atoms with Crippen LogP contribution >= 0.6 is 0 Å². The fraction of sp³-hybridized carbons (Fsp3) is 0.500. The van der Waals surface area contributed by atoms with Crippen molar-refractivity contribution < 1.29 is 0 Å². The SMILES string of the molecule is CC(C)c1cccc(C(C)C)c1NCC=CCNc1c(C(C)C)cccc1C(C)C. The van der Waals surface area contributed by atoms with Crippen molar-refractivity contribution in [3.8, 4) is 0 Å². The average Bonchev–Trinajstić information content (AvgIpc) is 2.69. The van der Waals surface area contributed by atoms with Crippen molar-refractivity contribution in [1.82, 2.24) is 0 Å². The fourth-order valence-corrected chi connectivity index (χ4v) is 4.00. The second-order valence-corrected chi connectivity index (χ2v) is 9.47. The van der Waals surface area contributed by atoms with E-state index in [4.69, 9.17) is 0 Å². The third-order valence-electron chi connectivity index (χ3n) is 5.71. The second-order valence-electron chi connectivity index (χ2n) is 9.47. The normalized spacial score (nSPS) is 12.0. The Balaban J connectivity index is 2.05. The Morgan fingerprint density at radius 2 is 0.800 bits per heavy atom. The number of anilines is 2. The van der Waals surface area contributed by atoms with Gasteiger partial charge in [-0.2, -0.15) is 0 Å². The molecule has 0 bridgehead atoms. The Hall–Kier alpha value is -2.22. The number of hydrogen-bond donors (Lipinski definition) is 2. The molecule has 0 unspecified atom stereocenters. The first kappa shape index (κ1) is 24.1. The van der Waals surface area contributed by atoms with Gasteiger partial charge >= 0.3 is 0 Å². The van der Waals surface area contributed by atoms with Gasteiger partial charge in [-0.15, -0.1) is 0 Å². The van der Waals surface area contributed by atoms with E-state index in [0.29, 0.717) is 23.7 Å². The first-order chi connectivity index (χ1) is 14.2. The maximum absolute atomic E-state index is 3.69. The molecule has 0 atom stereocenters. The van der Waals surface area contributed by atoms with E-state index in [9.17, 15) is 0 Å². The standard InChI is InChI=1S/C28H42N2/c1-19(2)23-13-11-14-24(20(3)4)27(23)29-17-9-10-18-30-28-25(21(5)6)15-12-16-26(28)22(7)8/h9-16,19-22,29-30H,17-18H2,1-8H3. The molecule has 0 radical (unpaired) electrons. The summed E-state index contributed by atoms with van der Waals surface area (Å²) in [6.45, 7) is 19.8. The van der Waals surface area contributed by atoms with Crippen LogP contribution in [0.4, 0.5) is 11.4 Å². The van der Waals surface area contributed by atoms with Gasteiger partial charge in [0.25, 0.3) is 0 Å². The highest BCUT2D eigenvalue weighted by Crippen LogP contribution is 2.33. The molecular weight excluding hydrogens is 364 g/mol. The number of benzene rings is 2. The second kappa shape index (κ2) is 11.2. The van der Waals surface area contributed by atoms with Gasteiger partial charge in [-0.25, -0.2) is 0 Å². The van der Waals surface area contributed by atoms with Crippen molar-refractivity contribution in [2.24, 2.45) is 0 Å². The zero-order valence-electron chi connectivity index (χ0n) is 20.3. The van der Waals surface area contributed by atoms with Crippen molar-refractivity contribution in [3.05, 3.63) is 70.8 Å². The van der Waals surface area contributed by atoms with E-state index >= 15 is 0 Å². The number of hydrogen-bond acceptors (Lipinski definition) is 2. The van der Waals surface area contributed by atoms with Crippen LogP contribution in [0.25, 0.3) is 0 Å². The predicted octanol–water partition coefficient (Wildman–Crippen LogP) is 8.26. The molecule has 30 heavy (non-hydrogen) atoms. The number of rotatable bonds is 10. The van der Waals surface area contributed by atoms with Gasteiger partial charge in [0.2, 0.25) is 0 Å². The molecule has 2 nitrogen and oxygen atoms in total. The van der Waals surface area contributed by atoms with Crippen molar-refractivity contribution in [2.75, 3.05) is 23.7 Å². The lowest BCUT2D eigenvalue weighted by atomic mass is 9.92. The largest absolute Gasteiger partial charge is 0.381 e. The molecule has 2 aromatic rings. The molecule has 0 aliphatic rings. The smallest absolute Gasteiger partial charge is 0.0413 e. The lowest BCUT2D eigenvalue weighted by molar-refractivity contribution is 0.835. The zero-order valence-corrected chi connectivity index (χ0v) is 20.3. The Bertz CT molecular complexity index is 707. The third-order valence-corrected chi connectivity index (χ3v) is 5.71. The summed E-state index contributed by atoms with van der Waals surface area (Å²) in [6, 6.07) is 13.4. The molecule has 0 saturated heterocycles. The zero-order chi connectivity index (χ0) is 22.3. The van der Waals surface area contributed by atoms with Crippen molar-refractivity contribution in [3.63, 3.8) is 0 Å². The highest BCUT2D eigenvalue weighted by Gasteiger charge is 2.14. The summed E-state index contributed by atoms with van der Waals surface area (Å²) in [7, 11) is 0. The molecule has 0 amide bonds. The van der Waals surface area contributed by atoms with Crippen LogP contribution in [0.5, 0.6) is 0 Å². The van der Waals surface area contributed by atoms with Crippen LogP contribution < -0.4 is 10.6 Å². The summed E-state index contributed by atoms with van der Waals surface area (Å²) in [4.78, 5) is 0. The van der Waals surface area contributed by atoms with E-state index in [0.717, 1.165) is 13.1 Å². The molecule has 0 fully saturated rings. The summed E-state index contributed by atoms with van der Waals surface area (Å²) in [5.41, 5.74) is 8.24. The summed E-state index contributed by atoms with van der Waals surface area (Å²) in [6.07, 6.45) is 4.47. The summed E-state index contributed by atoms with van der Waals surface area (Å²) < 4.78 is 0. The molecule has 2 heteroatoms. The molecule has 0 saturated carbocycles. The van der Waals surface area contributed by atoms with Crippen LogP contribution in [0.2, 0.25) is 0 Å². The van der Waals surface area contributed by atoms with E-state index < -0.39 is 0 Å². The Morgan fingerprint density at radius 3 is 1.03 bits per heavy atom. The highest BCUT2D eigenvalue weighted by molar-refractivity contribution is 5.61. The fourth-order valence-electron chi connectivity index (χ4n) is 4.00. The van der Waals surface area contributed by atoms with Gasteiger partial charge in [0.05, 0.1) is 0 Å². The molecule has 0 aromatic heterocycles. The quantitative estimate of drug-likeness (QED) is 0.388. The van der Waals surface area contributed by atoms with E-state index in [-0.39, 0.29) is 0 Å². The van der Waals surface area contributed by atoms with Crippen LogP contribution in [0.15, 0.2) is 48.6 Å². The molecule has 0 aliphatic heterocycles. The summed E-state index contributed by atoms with van der Waals surface area (Å²) in [5.74, 6) is 2.05. The molecule has 0 spiro atoms. The van der Waals surface area contributed by atoms with Crippen molar-refractivity contribution in [2.45, 2.75) is 79.1 Å². The Morgan fingerprint density at radius 1 is 0.533 bits per heavy atom. The third kappa shape index (κ3) is 6.14. The van der Waals surface area contributed by atoms with Crippen molar-refractivity contribution >= 4 is 11.4 Å². The predicted molar refractivity (Wildman–Crippen MR) is 135 cm³/mol. The topological polar surface area (TPSA) is 24.1 Å². The van der Waals surface area contributed by atoms with Crippen molar-refractivity contribution in [1.29, 1.82) is 0 Å². The average molecular weight is 407 g/mol. The summed E-state index contributed by atoms with van der Waals surface area (Å²) in [5, 5.41) is 7.38. The monoisotopic (exact) mass is 406 g/mol. The Labute approximate surface area is 185 Å². The molecule has 2 aromatic carbocycles. The van der Waals surface area contributed by atoms with E-state index in [2.05, 4.69) is 115 Å². The highest BCUT2D eigenvalue weighted by atomic mass is 14.9. The lowest BCUT2D eigenvalue weighted by Gasteiger charge is -2.21. The van der Waals surface area contributed by atoms with Crippen LogP contribution in [0, 0.1) is 0 Å². The van der Waals surface area contributed by atoms with E-state index in [1.165, 1.54) is 33.6 Å². The van der Waals surface area contributed by atoms with Gasteiger partial charge < -0.3 is 10.6 Å². The van der Waals surface area contributed by atoms with E-state index in [1.807, 2.05) is 0 Å². The molecule has 0 heterocycles. The van der Waals surface area contributed by atoms with Gasteiger partial charge in [-0.1, -0.05) is 104 Å². The van der Waals surface area contributed by atoms with Crippen LogP contribution in [0.3, 0.4) is 0 Å². The first-order valence-corrected chi connectivity index (χ1v) is 11.6.